The fourth-order valence-electron chi connectivity index (χ4n) is 2.65. The van der Waals surface area contributed by atoms with Crippen molar-refractivity contribution in [1.29, 1.82) is 0 Å². The molecule has 2 N–H and O–H groups in total. The second kappa shape index (κ2) is 5.54. The van der Waals surface area contributed by atoms with Crippen molar-refractivity contribution >= 4 is 35.2 Å². The van der Waals surface area contributed by atoms with Crippen molar-refractivity contribution in [3.63, 3.8) is 0 Å². The summed E-state index contributed by atoms with van der Waals surface area (Å²) in [5.74, 6) is -0.409. The fraction of sp³-hybridized carbons (Fsp3) is 0.200. The van der Waals surface area contributed by atoms with Gasteiger partial charge in [-0.3, -0.25) is 4.79 Å². The zero-order valence-electron chi connectivity index (χ0n) is 11.1. The summed E-state index contributed by atoms with van der Waals surface area (Å²) in [6.45, 7) is 0.783. The molecule has 0 spiro atoms. The van der Waals surface area contributed by atoms with Gasteiger partial charge in [0.1, 0.15) is 5.15 Å². The molecule has 2 aromatic rings. The summed E-state index contributed by atoms with van der Waals surface area (Å²) < 4.78 is 2.07. The lowest BCUT2D eigenvalue weighted by Gasteiger charge is -2.15. The molecule has 0 radical (unpaired) electrons. The summed E-state index contributed by atoms with van der Waals surface area (Å²) >= 11 is 12.7. The normalized spacial score (nSPS) is 13.2. The zero-order chi connectivity index (χ0) is 15.0. The maximum atomic E-state index is 11.3. The van der Waals surface area contributed by atoms with Gasteiger partial charge < -0.3 is 10.3 Å². The summed E-state index contributed by atoms with van der Waals surface area (Å²) in [6.07, 6.45) is 6.67. The minimum absolute atomic E-state index is 0.108. The Labute approximate surface area is 132 Å². The number of halogens is 2. The number of nitrogens with two attached hydrogens (primary N) is 1. The molecular weight excluding hydrogens is 309 g/mol. The number of carbonyl (C=O) groups is 1. The first kappa shape index (κ1) is 14.2. The number of allylic oxidation sites excluding steroid dienone is 1. The van der Waals surface area contributed by atoms with E-state index in [1.807, 2.05) is 18.2 Å². The molecule has 1 amide bonds. The molecule has 0 atom stereocenters. The predicted octanol–water partition coefficient (Wildman–Crippen LogP) is 3.30. The first-order valence-corrected chi connectivity index (χ1v) is 7.31. The van der Waals surface area contributed by atoms with E-state index in [9.17, 15) is 4.79 Å². The summed E-state index contributed by atoms with van der Waals surface area (Å²) in [4.78, 5) is 15.4. The molecule has 4 nitrogen and oxygen atoms in total. The van der Waals surface area contributed by atoms with Gasteiger partial charge in [0.25, 0.3) is 0 Å². The Bertz CT molecular complexity index is 750. The molecule has 3 rings (SSSR count). The third-order valence-electron chi connectivity index (χ3n) is 3.50. The Balaban J connectivity index is 2.26. The summed E-state index contributed by atoms with van der Waals surface area (Å²) in [7, 11) is 0. The van der Waals surface area contributed by atoms with E-state index in [0.29, 0.717) is 10.2 Å². The highest BCUT2D eigenvalue weighted by atomic mass is 35.5. The molecule has 3 heterocycles. The Morgan fingerprint density at radius 1 is 1.43 bits per heavy atom. The number of hydrogen-bond donors (Lipinski definition) is 1. The third-order valence-corrected chi connectivity index (χ3v) is 4.21. The van der Waals surface area contributed by atoms with Gasteiger partial charge in [0, 0.05) is 29.6 Å². The molecule has 0 bridgehead atoms. The third kappa shape index (κ3) is 2.45. The number of carbonyl (C=O) groups excluding carboxylic acids is 1. The van der Waals surface area contributed by atoms with Crippen molar-refractivity contribution in [2.75, 3.05) is 0 Å². The lowest BCUT2D eigenvalue weighted by Crippen LogP contribution is -2.15. The molecule has 0 aliphatic carbocycles. The van der Waals surface area contributed by atoms with Crippen LogP contribution in [0, 0.1) is 0 Å². The average Bonchev–Trinajstić information content (AvgIpc) is 2.73. The van der Waals surface area contributed by atoms with Gasteiger partial charge >= 0.3 is 0 Å². The van der Waals surface area contributed by atoms with E-state index < -0.39 is 5.91 Å². The van der Waals surface area contributed by atoms with Crippen molar-refractivity contribution < 1.29 is 4.79 Å². The van der Waals surface area contributed by atoms with Crippen LogP contribution in [0.5, 0.6) is 0 Å². The number of hydrogen-bond acceptors (Lipinski definition) is 2. The SMILES string of the molecule is NC(=O)Cc1c(Cl)c(-c2cccnc2Cl)n2c1C=CCC2. The van der Waals surface area contributed by atoms with E-state index >= 15 is 0 Å². The van der Waals surface area contributed by atoms with Gasteiger partial charge in [0.05, 0.1) is 17.1 Å². The monoisotopic (exact) mass is 321 g/mol. The number of amides is 1. The van der Waals surface area contributed by atoms with E-state index in [0.717, 1.165) is 35.5 Å². The molecule has 0 fully saturated rings. The van der Waals surface area contributed by atoms with Crippen LogP contribution in [0.1, 0.15) is 17.7 Å². The van der Waals surface area contributed by atoms with Gasteiger partial charge in [-0.25, -0.2) is 4.98 Å². The maximum absolute atomic E-state index is 11.3. The molecular formula is C15H13Cl2N3O. The quantitative estimate of drug-likeness (QED) is 0.881. The molecule has 108 valence electrons. The molecule has 6 heteroatoms. The molecule has 21 heavy (non-hydrogen) atoms. The van der Waals surface area contributed by atoms with Crippen molar-refractivity contribution in [3.05, 3.63) is 45.8 Å². The van der Waals surface area contributed by atoms with Crippen molar-refractivity contribution in [2.45, 2.75) is 19.4 Å². The fourth-order valence-corrected chi connectivity index (χ4v) is 3.22. The first-order valence-electron chi connectivity index (χ1n) is 6.56. The van der Waals surface area contributed by atoms with E-state index in [1.54, 1.807) is 6.20 Å². The van der Waals surface area contributed by atoms with Gasteiger partial charge in [-0.2, -0.15) is 0 Å². The Morgan fingerprint density at radius 3 is 2.95 bits per heavy atom. The van der Waals surface area contributed by atoms with Gasteiger partial charge in [0.2, 0.25) is 5.91 Å². The molecule has 2 aromatic heterocycles. The van der Waals surface area contributed by atoms with Crippen LogP contribution >= 0.6 is 23.2 Å². The van der Waals surface area contributed by atoms with Crippen LogP contribution in [-0.4, -0.2) is 15.5 Å². The van der Waals surface area contributed by atoms with Gasteiger partial charge in [-0.1, -0.05) is 29.3 Å². The predicted molar refractivity (Wildman–Crippen MR) is 84.2 cm³/mol. The van der Waals surface area contributed by atoms with Crippen molar-refractivity contribution in [2.24, 2.45) is 5.73 Å². The Kier molecular flexibility index (Phi) is 3.74. The number of fused-ring (bicyclic) bond motifs is 1. The Hall–Kier alpha value is -1.78. The first-order chi connectivity index (χ1) is 10.1. The van der Waals surface area contributed by atoms with Crippen LogP contribution in [0.4, 0.5) is 0 Å². The van der Waals surface area contributed by atoms with Gasteiger partial charge in [-0.15, -0.1) is 0 Å². The number of rotatable bonds is 3. The van der Waals surface area contributed by atoms with Crippen molar-refractivity contribution in [1.82, 2.24) is 9.55 Å². The second-order valence-corrected chi connectivity index (χ2v) is 5.59. The number of primary amides is 1. The van der Waals surface area contributed by atoms with Crippen LogP contribution < -0.4 is 5.73 Å². The van der Waals surface area contributed by atoms with Gasteiger partial charge in [-0.05, 0) is 24.6 Å². The zero-order valence-corrected chi connectivity index (χ0v) is 12.7. The molecule has 0 saturated carbocycles. The summed E-state index contributed by atoms with van der Waals surface area (Å²) in [5, 5.41) is 0.908. The van der Waals surface area contributed by atoms with Crippen molar-refractivity contribution in [3.8, 4) is 11.3 Å². The molecule has 0 saturated heterocycles. The maximum Gasteiger partial charge on any atom is 0.221 e. The van der Waals surface area contributed by atoms with Crippen LogP contribution in [0.15, 0.2) is 24.4 Å². The smallest absolute Gasteiger partial charge is 0.221 e. The summed E-state index contributed by atoms with van der Waals surface area (Å²) in [6, 6.07) is 3.68. The van der Waals surface area contributed by atoms with E-state index in [2.05, 4.69) is 15.6 Å². The topological polar surface area (TPSA) is 60.9 Å². The minimum atomic E-state index is -0.409. The highest BCUT2D eigenvalue weighted by Gasteiger charge is 2.24. The van der Waals surface area contributed by atoms with Gasteiger partial charge in [0.15, 0.2) is 0 Å². The van der Waals surface area contributed by atoms with E-state index in [-0.39, 0.29) is 6.42 Å². The van der Waals surface area contributed by atoms with E-state index in [1.165, 1.54) is 0 Å². The highest BCUT2D eigenvalue weighted by molar-refractivity contribution is 6.36. The standard InChI is InChI=1S/C15H13Cl2N3O/c16-13-10(8-12(18)21)11-5-1-2-7-20(11)14(13)9-4-3-6-19-15(9)17/h1,3-6H,2,7-8H2,(H2,18,21). The number of nitrogens with zero attached hydrogens (tertiary/aromatic N) is 2. The van der Waals surface area contributed by atoms with Crippen LogP contribution in [0.2, 0.25) is 10.2 Å². The minimum Gasteiger partial charge on any atom is -0.369 e. The molecule has 1 aliphatic rings. The Morgan fingerprint density at radius 2 is 2.24 bits per heavy atom. The number of pyridine rings is 1. The lowest BCUT2D eigenvalue weighted by molar-refractivity contribution is -0.117. The van der Waals surface area contributed by atoms with Crippen LogP contribution in [-0.2, 0) is 17.8 Å². The lowest BCUT2D eigenvalue weighted by atomic mass is 10.1. The van der Waals surface area contributed by atoms with E-state index in [4.69, 9.17) is 28.9 Å². The molecule has 1 aliphatic heterocycles. The second-order valence-electron chi connectivity index (χ2n) is 4.85. The number of aromatic nitrogens is 2. The van der Waals surface area contributed by atoms with Crippen LogP contribution in [0.3, 0.4) is 0 Å². The molecule has 0 aromatic carbocycles. The highest BCUT2D eigenvalue weighted by Crippen LogP contribution is 2.40. The molecule has 0 unspecified atom stereocenters. The van der Waals surface area contributed by atoms with Crippen LogP contribution in [0.25, 0.3) is 17.3 Å². The largest absolute Gasteiger partial charge is 0.369 e. The summed E-state index contributed by atoms with van der Waals surface area (Å²) in [5.41, 5.74) is 8.55. The average molecular weight is 322 g/mol.